The zero-order valence-corrected chi connectivity index (χ0v) is 13.8. The first kappa shape index (κ1) is 16.4. The van der Waals surface area contributed by atoms with Gasteiger partial charge in [0.25, 0.3) is 0 Å². The van der Waals surface area contributed by atoms with Gasteiger partial charge in [0, 0.05) is 18.3 Å². The highest BCUT2D eigenvalue weighted by molar-refractivity contribution is 9.09. The number of nitrogens with one attached hydrogen (secondary N) is 1. The molecule has 1 N–H and O–H groups in total. The van der Waals surface area contributed by atoms with Gasteiger partial charge in [0.2, 0.25) is 5.91 Å². The van der Waals surface area contributed by atoms with Crippen molar-refractivity contribution in [3.63, 3.8) is 0 Å². The summed E-state index contributed by atoms with van der Waals surface area (Å²) in [5, 5.41) is 4.17. The van der Waals surface area contributed by atoms with Crippen molar-refractivity contribution in [3.8, 4) is 0 Å². The molecule has 18 heavy (non-hydrogen) atoms. The second-order valence-corrected chi connectivity index (χ2v) is 7.21. The van der Waals surface area contributed by atoms with E-state index in [0.29, 0.717) is 11.8 Å². The van der Waals surface area contributed by atoms with Crippen LogP contribution in [0.4, 0.5) is 0 Å². The minimum atomic E-state index is 0.266. The van der Waals surface area contributed by atoms with Gasteiger partial charge in [-0.1, -0.05) is 29.3 Å². The summed E-state index contributed by atoms with van der Waals surface area (Å²) >= 11 is 5.51. The molecule has 0 saturated carbocycles. The van der Waals surface area contributed by atoms with E-state index in [1.54, 1.807) is 0 Å². The molecule has 106 valence electrons. The summed E-state index contributed by atoms with van der Waals surface area (Å²) in [5.74, 6) is 4.01. The van der Waals surface area contributed by atoms with Crippen LogP contribution >= 0.6 is 27.7 Å². The zero-order chi connectivity index (χ0) is 13.2. The molecule has 0 aliphatic carbocycles. The number of alkyl halides is 1. The Morgan fingerprint density at radius 3 is 2.72 bits per heavy atom. The second-order valence-electron chi connectivity index (χ2n) is 5.20. The highest BCUT2D eigenvalue weighted by Crippen LogP contribution is 2.25. The van der Waals surface area contributed by atoms with Gasteiger partial charge in [-0.25, -0.2) is 0 Å². The van der Waals surface area contributed by atoms with Crippen molar-refractivity contribution >= 4 is 33.6 Å². The van der Waals surface area contributed by atoms with Gasteiger partial charge >= 0.3 is 0 Å². The van der Waals surface area contributed by atoms with Gasteiger partial charge < -0.3 is 5.32 Å². The largest absolute Gasteiger partial charge is 0.356 e. The fourth-order valence-corrected chi connectivity index (χ4v) is 4.31. The van der Waals surface area contributed by atoms with E-state index in [9.17, 15) is 4.79 Å². The summed E-state index contributed by atoms with van der Waals surface area (Å²) in [5.41, 5.74) is 0. The average Bonchev–Trinajstić information content (AvgIpc) is 2.38. The molecule has 2 nitrogen and oxygen atoms in total. The number of hydrogen-bond donors (Lipinski definition) is 1. The van der Waals surface area contributed by atoms with Crippen LogP contribution in [0.1, 0.15) is 45.4 Å². The fourth-order valence-electron chi connectivity index (χ4n) is 2.45. The first-order valence-electron chi connectivity index (χ1n) is 7.16. The molecule has 0 aromatic rings. The summed E-state index contributed by atoms with van der Waals surface area (Å²) in [6, 6.07) is 0. The van der Waals surface area contributed by atoms with E-state index in [1.807, 2.05) is 11.8 Å². The Balaban J connectivity index is 2.17. The van der Waals surface area contributed by atoms with E-state index in [4.69, 9.17) is 0 Å². The minimum absolute atomic E-state index is 0.266. The highest BCUT2D eigenvalue weighted by Gasteiger charge is 2.17. The van der Waals surface area contributed by atoms with Gasteiger partial charge in [-0.05, 0) is 49.0 Å². The van der Waals surface area contributed by atoms with Gasteiger partial charge in [-0.15, -0.1) is 0 Å². The third kappa shape index (κ3) is 7.03. The van der Waals surface area contributed by atoms with Crippen LogP contribution in [0.2, 0.25) is 0 Å². The summed E-state index contributed by atoms with van der Waals surface area (Å²) in [6.07, 6.45) is 6.76. The Morgan fingerprint density at radius 2 is 2.11 bits per heavy atom. The van der Waals surface area contributed by atoms with Crippen LogP contribution in [0.25, 0.3) is 0 Å². The zero-order valence-electron chi connectivity index (χ0n) is 11.4. The third-order valence-electron chi connectivity index (χ3n) is 3.62. The number of thioether (sulfide) groups is 1. The number of rotatable bonds is 8. The van der Waals surface area contributed by atoms with E-state index in [-0.39, 0.29) is 5.91 Å². The molecule has 4 heteroatoms. The minimum Gasteiger partial charge on any atom is -0.356 e. The maximum Gasteiger partial charge on any atom is 0.220 e. The maximum absolute atomic E-state index is 11.9. The van der Waals surface area contributed by atoms with E-state index in [2.05, 4.69) is 28.2 Å². The van der Waals surface area contributed by atoms with E-state index < -0.39 is 0 Å². The molecule has 1 heterocycles. The monoisotopic (exact) mass is 335 g/mol. The molecule has 0 spiro atoms. The van der Waals surface area contributed by atoms with Crippen molar-refractivity contribution in [1.82, 2.24) is 5.32 Å². The molecule has 1 atom stereocenters. The molecular weight excluding hydrogens is 310 g/mol. The first-order chi connectivity index (χ1) is 8.76. The molecule has 1 aliphatic heterocycles. The average molecular weight is 336 g/mol. The lowest BCUT2D eigenvalue weighted by Crippen LogP contribution is -2.31. The molecule has 1 rings (SSSR count). The van der Waals surface area contributed by atoms with Crippen molar-refractivity contribution in [1.29, 1.82) is 0 Å². The number of carbonyl (C=O) groups excluding carboxylic acids is 1. The van der Waals surface area contributed by atoms with Crippen LogP contribution in [0.5, 0.6) is 0 Å². The van der Waals surface area contributed by atoms with Gasteiger partial charge in [0.1, 0.15) is 0 Å². The number of amides is 1. The van der Waals surface area contributed by atoms with Crippen LogP contribution in [-0.4, -0.2) is 29.3 Å². The van der Waals surface area contributed by atoms with Crippen molar-refractivity contribution in [2.75, 3.05) is 23.4 Å². The summed E-state index contributed by atoms with van der Waals surface area (Å²) in [7, 11) is 0. The van der Waals surface area contributed by atoms with E-state index in [0.717, 1.165) is 24.7 Å². The second kappa shape index (κ2) is 10.1. The molecule has 1 amide bonds. The summed E-state index contributed by atoms with van der Waals surface area (Å²) < 4.78 is 0. The van der Waals surface area contributed by atoms with E-state index in [1.165, 1.54) is 37.2 Å². The third-order valence-corrected chi connectivity index (χ3v) is 5.12. The number of hydrogen-bond acceptors (Lipinski definition) is 2. The van der Waals surface area contributed by atoms with Crippen LogP contribution in [0.15, 0.2) is 0 Å². The molecule has 0 aromatic heterocycles. The molecule has 0 aromatic carbocycles. The number of carbonyl (C=O) groups is 1. The lowest BCUT2D eigenvalue weighted by Gasteiger charge is -2.21. The van der Waals surface area contributed by atoms with Gasteiger partial charge in [-0.3, -0.25) is 4.79 Å². The Kier molecular flexibility index (Phi) is 9.21. The van der Waals surface area contributed by atoms with Gasteiger partial charge in [-0.2, -0.15) is 11.8 Å². The quantitative estimate of drug-likeness (QED) is 0.683. The van der Waals surface area contributed by atoms with Crippen LogP contribution in [-0.2, 0) is 4.79 Å². The molecule has 0 bridgehead atoms. The normalized spacial score (nSPS) is 18.6. The molecule has 1 saturated heterocycles. The van der Waals surface area contributed by atoms with Crippen LogP contribution < -0.4 is 5.32 Å². The Morgan fingerprint density at radius 1 is 1.39 bits per heavy atom. The Hall–Kier alpha value is 0.300. The van der Waals surface area contributed by atoms with Crippen LogP contribution in [0.3, 0.4) is 0 Å². The lowest BCUT2D eigenvalue weighted by atomic mass is 9.97. The lowest BCUT2D eigenvalue weighted by molar-refractivity contribution is -0.122. The van der Waals surface area contributed by atoms with E-state index >= 15 is 0 Å². The molecule has 1 fully saturated rings. The fraction of sp³-hybridized carbons (Fsp3) is 0.929. The molecule has 1 aliphatic rings. The summed E-state index contributed by atoms with van der Waals surface area (Å²) in [6.45, 7) is 3.07. The summed E-state index contributed by atoms with van der Waals surface area (Å²) in [4.78, 5) is 11.9. The van der Waals surface area contributed by atoms with Crippen LogP contribution in [0, 0.1) is 11.8 Å². The SMILES string of the molecule is CCCC(CCBr)CNC(=O)CC1CCSCC1. The molecule has 0 radical (unpaired) electrons. The van der Waals surface area contributed by atoms with Crippen molar-refractivity contribution in [2.45, 2.75) is 45.4 Å². The molecule has 1 unspecified atom stereocenters. The predicted octanol–water partition coefficient (Wildman–Crippen LogP) is 3.84. The predicted molar refractivity (Wildman–Crippen MR) is 84.5 cm³/mol. The Bertz CT molecular complexity index is 226. The van der Waals surface area contributed by atoms with Crippen molar-refractivity contribution in [2.24, 2.45) is 11.8 Å². The standard InChI is InChI=1S/C14H26BrNOS/c1-2-3-13(4-7-15)11-16-14(17)10-12-5-8-18-9-6-12/h12-13H,2-11H2,1H3,(H,16,17). The maximum atomic E-state index is 11.9. The Labute approximate surface area is 124 Å². The topological polar surface area (TPSA) is 29.1 Å². The van der Waals surface area contributed by atoms with Crippen molar-refractivity contribution < 1.29 is 4.79 Å². The van der Waals surface area contributed by atoms with Crippen molar-refractivity contribution in [3.05, 3.63) is 0 Å². The molecular formula is C14H26BrNOS. The first-order valence-corrected chi connectivity index (χ1v) is 9.44. The highest BCUT2D eigenvalue weighted by atomic mass is 79.9. The van der Waals surface area contributed by atoms with Gasteiger partial charge in [0.15, 0.2) is 0 Å². The van der Waals surface area contributed by atoms with Gasteiger partial charge in [0.05, 0.1) is 0 Å². The smallest absolute Gasteiger partial charge is 0.220 e. The number of halogens is 1.